The lowest BCUT2D eigenvalue weighted by Crippen LogP contribution is -2.25. The van der Waals surface area contributed by atoms with Gasteiger partial charge in [0.15, 0.2) is 5.16 Å². The van der Waals surface area contributed by atoms with Crippen LogP contribution in [0.5, 0.6) is 0 Å². The average molecular weight is 367 g/mol. The van der Waals surface area contributed by atoms with Gasteiger partial charge in [0, 0.05) is 18.6 Å². The van der Waals surface area contributed by atoms with Crippen LogP contribution in [0.3, 0.4) is 0 Å². The molecule has 3 heterocycles. The molecule has 3 aromatic heterocycles. The molecule has 7 heteroatoms. The van der Waals surface area contributed by atoms with E-state index in [-0.39, 0.29) is 11.7 Å². The summed E-state index contributed by atoms with van der Waals surface area (Å²) in [4.78, 5) is 29.0. The molecule has 0 fully saturated rings. The van der Waals surface area contributed by atoms with Gasteiger partial charge in [0.25, 0.3) is 0 Å². The maximum Gasteiger partial charge on any atom is 0.230 e. The molecule has 0 aliphatic heterocycles. The van der Waals surface area contributed by atoms with E-state index in [1.807, 2.05) is 50.2 Å². The van der Waals surface area contributed by atoms with Crippen LogP contribution >= 0.6 is 11.8 Å². The highest BCUT2D eigenvalue weighted by atomic mass is 32.2. The first-order valence-electron chi connectivity index (χ1n) is 8.35. The Labute approximate surface area is 157 Å². The SMILES string of the molecule is CC.O=C(CSc1nccc(-c2ccccn2)n1)NCc1ccccn1. The van der Waals surface area contributed by atoms with Crippen molar-refractivity contribution in [2.75, 3.05) is 5.75 Å². The molecule has 1 N–H and O–H groups in total. The van der Waals surface area contributed by atoms with Gasteiger partial charge in [-0.3, -0.25) is 14.8 Å². The van der Waals surface area contributed by atoms with Crippen LogP contribution in [0, 0.1) is 0 Å². The minimum Gasteiger partial charge on any atom is -0.350 e. The summed E-state index contributed by atoms with van der Waals surface area (Å²) in [7, 11) is 0. The summed E-state index contributed by atoms with van der Waals surface area (Å²) < 4.78 is 0. The van der Waals surface area contributed by atoms with Gasteiger partial charge in [-0.25, -0.2) is 9.97 Å². The van der Waals surface area contributed by atoms with Crippen molar-refractivity contribution in [3.8, 4) is 11.4 Å². The van der Waals surface area contributed by atoms with E-state index in [0.717, 1.165) is 17.1 Å². The lowest BCUT2D eigenvalue weighted by atomic mass is 10.3. The standard InChI is InChI=1S/C17H15N5OS.C2H6/c23-16(21-11-13-5-1-3-8-18-13)12-24-17-20-10-7-15(22-17)14-6-2-4-9-19-14;1-2/h1-10H,11-12H2,(H,21,23);1-2H3. The zero-order chi connectivity index (χ0) is 18.6. The molecule has 0 saturated carbocycles. The molecular weight excluding hydrogens is 346 g/mol. The first-order valence-corrected chi connectivity index (χ1v) is 9.34. The summed E-state index contributed by atoms with van der Waals surface area (Å²) in [5.74, 6) is 0.163. The Balaban J connectivity index is 0.00000117. The van der Waals surface area contributed by atoms with Crippen LogP contribution in [0.25, 0.3) is 11.4 Å². The number of nitrogens with one attached hydrogen (secondary N) is 1. The first kappa shape index (κ1) is 19.5. The van der Waals surface area contributed by atoms with E-state index in [0.29, 0.717) is 11.7 Å². The van der Waals surface area contributed by atoms with Gasteiger partial charge in [-0.05, 0) is 30.3 Å². The van der Waals surface area contributed by atoms with E-state index in [1.165, 1.54) is 11.8 Å². The predicted octanol–water partition coefficient (Wildman–Crippen LogP) is 3.37. The van der Waals surface area contributed by atoms with E-state index in [4.69, 9.17) is 0 Å². The number of thioether (sulfide) groups is 1. The molecule has 3 aromatic rings. The van der Waals surface area contributed by atoms with Gasteiger partial charge >= 0.3 is 0 Å². The molecule has 26 heavy (non-hydrogen) atoms. The van der Waals surface area contributed by atoms with Crippen LogP contribution in [0.2, 0.25) is 0 Å². The minimum atomic E-state index is -0.0857. The predicted molar refractivity (Wildman–Crippen MR) is 103 cm³/mol. The van der Waals surface area contributed by atoms with Crippen molar-refractivity contribution in [3.63, 3.8) is 0 Å². The maximum atomic E-state index is 11.9. The number of carbonyl (C=O) groups excluding carboxylic acids is 1. The smallest absolute Gasteiger partial charge is 0.230 e. The van der Waals surface area contributed by atoms with Gasteiger partial charge in [-0.2, -0.15) is 0 Å². The monoisotopic (exact) mass is 367 g/mol. The average Bonchev–Trinajstić information content (AvgIpc) is 2.74. The molecule has 0 unspecified atom stereocenters. The van der Waals surface area contributed by atoms with Crippen molar-refractivity contribution in [1.29, 1.82) is 0 Å². The molecule has 0 radical (unpaired) electrons. The van der Waals surface area contributed by atoms with Crippen molar-refractivity contribution < 1.29 is 4.79 Å². The second-order valence-electron chi connectivity index (χ2n) is 4.83. The van der Waals surface area contributed by atoms with E-state index < -0.39 is 0 Å². The van der Waals surface area contributed by atoms with Gasteiger partial charge in [0.05, 0.1) is 29.4 Å². The molecular formula is C19H21N5OS. The summed E-state index contributed by atoms with van der Waals surface area (Å²) in [5.41, 5.74) is 2.34. The molecule has 6 nitrogen and oxygen atoms in total. The number of amides is 1. The lowest BCUT2D eigenvalue weighted by molar-refractivity contribution is -0.118. The van der Waals surface area contributed by atoms with Crippen molar-refractivity contribution >= 4 is 17.7 Å². The molecule has 1 amide bonds. The summed E-state index contributed by atoms with van der Waals surface area (Å²) in [6.45, 7) is 4.41. The zero-order valence-corrected chi connectivity index (χ0v) is 15.6. The number of hydrogen-bond acceptors (Lipinski definition) is 6. The molecule has 0 atom stereocenters. The molecule has 0 bridgehead atoms. The van der Waals surface area contributed by atoms with E-state index in [2.05, 4.69) is 25.3 Å². The molecule has 3 rings (SSSR count). The van der Waals surface area contributed by atoms with Crippen molar-refractivity contribution in [3.05, 3.63) is 66.7 Å². The summed E-state index contributed by atoms with van der Waals surface area (Å²) in [6.07, 6.45) is 5.09. The molecule has 0 saturated heterocycles. The summed E-state index contributed by atoms with van der Waals surface area (Å²) >= 11 is 1.29. The van der Waals surface area contributed by atoms with Gasteiger partial charge in [-0.1, -0.05) is 37.7 Å². The molecule has 0 aromatic carbocycles. The van der Waals surface area contributed by atoms with Crippen LogP contribution in [0.4, 0.5) is 0 Å². The molecule has 0 aliphatic rings. The number of hydrogen-bond donors (Lipinski definition) is 1. The van der Waals surface area contributed by atoms with Gasteiger partial charge in [-0.15, -0.1) is 0 Å². The number of aromatic nitrogens is 4. The third-order valence-corrected chi connectivity index (χ3v) is 3.95. The Bertz CT molecular complexity index is 799. The van der Waals surface area contributed by atoms with Gasteiger partial charge in [0.1, 0.15) is 0 Å². The largest absolute Gasteiger partial charge is 0.350 e. The number of rotatable bonds is 6. The quantitative estimate of drug-likeness (QED) is 0.531. The third kappa shape index (κ3) is 6.25. The Hall–Kier alpha value is -2.80. The number of pyridine rings is 2. The second-order valence-corrected chi connectivity index (χ2v) is 5.77. The molecule has 134 valence electrons. The van der Waals surface area contributed by atoms with Crippen LogP contribution < -0.4 is 5.32 Å². The van der Waals surface area contributed by atoms with E-state index >= 15 is 0 Å². The lowest BCUT2D eigenvalue weighted by Gasteiger charge is -2.05. The number of nitrogens with zero attached hydrogens (tertiary/aromatic N) is 4. The van der Waals surface area contributed by atoms with Gasteiger partial charge < -0.3 is 5.32 Å². The molecule has 0 spiro atoms. The van der Waals surface area contributed by atoms with Crippen LogP contribution in [-0.4, -0.2) is 31.6 Å². The topological polar surface area (TPSA) is 80.7 Å². The fourth-order valence-corrected chi connectivity index (χ4v) is 2.60. The van der Waals surface area contributed by atoms with E-state index in [9.17, 15) is 4.79 Å². The highest BCUT2D eigenvalue weighted by molar-refractivity contribution is 7.99. The third-order valence-electron chi connectivity index (χ3n) is 3.09. The Morgan fingerprint density at radius 2 is 1.69 bits per heavy atom. The highest BCUT2D eigenvalue weighted by Crippen LogP contribution is 2.17. The van der Waals surface area contributed by atoms with E-state index in [1.54, 1.807) is 24.7 Å². The van der Waals surface area contributed by atoms with Crippen LogP contribution in [0.15, 0.2) is 66.2 Å². The highest BCUT2D eigenvalue weighted by Gasteiger charge is 2.07. The van der Waals surface area contributed by atoms with Crippen molar-refractivity contribution in [1.82, 2.24) is 25.3 Å². The first-order chi connectivity index (χ1) is 12.8. The molecule has 0 aliphatic carbocycles. The Kier molecular flexibility index (Phi) is 8.21. The van der Waals surface area contributed by atoms with Crippen molar-refractivity contribution in [2.24, 2.45) is 0 Å². The summed E-state index contributed by atoms with van der Waals surface area (Å²) in [6, 6.07) is 13.0. The summed E-state index contributed by atoms with van der Waals surface area (Å²) in [5, 5.41) is 3.37. The Morgan fingerprint density at radius 1 is 0.923 bits per heavy atom. The van der Waals surface area contributed by atoms with Crippen molar-refractivity contribution in [2.45, 2.75) is 25.5 Å². The Morgan fingerprint density at radius 3 is 2.38 bits per heavy atom. The normalized spacial score (nSPS) is 9.77. The fourth-order valence-electron chi connectivity index (χ4n) is 1.94. The fraction of sp³-hybridized carbons (Fsp3) is 0.211. The van der Waals surface area contributed by atoms with Crippen LogP contribution in [-0.2, 0) is 11.3 Å². The number of carbonyl (C=O) groups is 1. The van der Waals surface area contributed by atoms with Gasteiger partial charge in [0.2, 0.25) is 5.91 Å². The van der Waals surface area contributed by atoms with Crippen LogP contribution in [0.1, 0.15) is 19.5 Å². The minimum absolute atomic E-state index is 0.0857. The maximum absolute atomic E-state index is 11.9. The second kappa shape index (κ2) is 10.9. The zero-order valence-electron chi connectivity index (χ0n) is 14.8.